The predicted molar refractivity (Wildman–Crippen MR) is 139 cm³/mol. The summed E-state index contributed by atoms with van der Waals surface area (Å²) in [6, 6.07) is 31.5. The lowest BCUT2D eigenvalue weighted by Gasteiger charge is -2.24. The van der Waals surface area contributed by atoms with Crippen LogP contribution in [0.15, 0.2) is 91.1 Å². The zero-order chi connectivity index (χ0) is 21.9. The zero-order valence-electron chi connectivity index (χ0n) is 18.6. The molecule has 2 aliphatic carbocycles. The third-order valence-corrected chi connectivity index (χ3v) is 8.01. The molecule has 5 aromatic carbocycles. The zero-order valence-corrected chi connectivity index (χ0v) is 18.6. The first-order valence-electron chi connectivity index (χ1n) is 11.7. The molecule has 1 heteroatoms. The smallest absolute Gasteiger partial charge is 0.0752 e. The van der Waals surface area contributed by atoms with E-state index < -0.39 is 0 Å². The van der Waals surface area contributed by atoms with E-state index in [9.17, 15) is 0 Å². The second-order valence-electron chi connectivity index (χ2n) is 9.97. The first-order valence-corrected chi connectivity index (χ1v) is 11.7. The Balaban J connectivity index is 1.51. The molecule has 0 N–H and O–H groups in total. The number of hydrogen-bond acceptors (Lipinski definition) is 1. The molecule has 0 saturated carbocycles. The van der Waals surface area contributed by atoms with Crippen LogP contribution in [0.25, 0.3) is 65.8 Å². The Bertz CT molecular complexity index is 1840. The van der Waals surface area contributed by atoms with Crippen LogP contribution in [-0.4, -0.2) is 4.98 Å². The second kappa shape index (κ2) is 5.68. The average Bonchev–Trinajstić information content (AvgIpc) is 3.32. The van der Waals surface area contributed by atoms with Gasteiger partial charge in [-0.1, -0.05) is 92.7 Å². The van der Waals surface area contributed by atoms with E-state index in [-0.39, 0.29) is 5.41 Å². The molecule has 1 nitrogen and oxygen atoms in total. The predicted octanol–water partition coefficient (Wildman–Crippen LogP) is 8.49. The van der Waals surface area contributed by atoms with Gasteiger partial charge < -0.3 is 0 Å². The summed E-state index contributed by atoms with van der Waals surface area (Å²) in [4.78, 5) is 4.87. The lowest BCUT2D eigenvalue weighted by atomic mass is 9.78. The number of fused-ring (bicyclic) bond motifs is 4. The minimum atomic E-state index is -0.0895. The lowest BCUT2D eigenvalue weighted by molar-refractivity contribution is 0.661. The number of aromatic nitrogens is 1. The molecule has 0 saturated heterocycles. The summed E-state index contributed by atoms with van der Waals surface area (Å²) in [7, 11) is 0. The number of benzene rings is 5. The van der Waals surface area contributed by atoms with Crippen molar-refractivity contribution in [2.45, 2.75) is 19.3 Å². The number of pyridine rings is 1. The SMILES string of the molecule is CC1(C)c2ccccc2-c2nccc(-c3ccc4c5c3ccc3ccc6cccc-4c6c35)c21. The maximum atomic E-state index is 4.87. The Kier molecular flexibility index (Phi) is 3.03. The van der Waals surface area contributed by atoms with Gasteiger partial charge in [-0.2, -0.15) is 0 Å². The molecule has 1 heterocycles. The fraction of sp³-hybridized carbons (Fsp3) is 0.0938. The fourth-order valence-electron chi connectivity index (χ4n) is 6.61. The Morgan fingerprint density at radius 3 is 2.18 bits per heavy atom. The van der Waals surface area contributed by atoms with Gasteiger partial charge in [0.05, 0.1) is 5.69 Å². The molecule has 154 valence electrons. The van der Waals surface area contributed by atoms with Crippen LogP contribution in [0, 0.1) is 0 Å². The van der Waals surface area contributed by atoms with E-state index in [1.165, 1.54) is 71.3 Å². The van der Waals surface area contributed by atoms with Crippen molar-refractivity contribution in [2.24, 2.45) is 0 Å². The van der Waals surface area contributed by atoms with Crippen LogP contribution in [0.2, 0.25) is 0 Å². The van der Waals surface area contributed by atoms with Crippen molar-refractivity contribution in [2.75, 3.05) is 0 Å². The summed E-state index contributed by atoms with van der Waals surface area (Å²) in [5, 5.41) is 8.20. The van der Waals surface area contributed by atoms with Gasteiger partial charge in [0, 0.05) is 17.2 Å². The molecule has 33 heavy (non-hydrogen) atoms. The average molecular weight is 420 g/mol. The van der Waals surface area contributed by atoms with Crippen LogP contribution in [0.5, 0.6) is 0 Å². The first-order chi connectivity index (χ1) is 16.1. The van der Waals surface area contributed by atoms with Crippen LogP contribution in [0.3, 0.4) is 0 Å². The third-order valence-electron chi connectivity index (χ3n) is 8.01. The molecular formula is C32H21N. The van der Waals surface area contributed by atoms with E-state index in [2.05, 4.69) is 98.8 Å². The Morgan fingerprint density at radius 1 is 0.545 bits per heavy atom. The summed E-state index contributed by atoms with van der Waals surface area (Å²) in [6.45, 7) is 4.68. The summed E-state index contributed by atoms with van der Waals surface area (Å²) >= 11 is 0. The Hall–Kier alpha value is -3.97. The molecule has 1 aromatic heterocycles. The second-order valence-corrected chi connectivity index (χ2v) is 9.97. The first kappa shape index (κ1) is 17.6. The lowest BCUT2D eigenvalue weighted by Crippen LogP contribution is -2.16. The molecule has 0 spiro atoms. The van der Waals surface area contributed by atoms with Crippen molar-refractivity contribution >= 4 is 32.3 Å². The molecule has 6 aromatic rings. The number of hydrogen-bond donors (Lipinski definition) is 0. The Morgan fingerprint density at radius 2 is 1.27 bits per heavy atom. The summed E-state index contributed by atoms with van der Waals surface area (Å²) in [5.74, 6) is 0. The van der Waals surface area contributed by atoms with Gasteiger partial charge in [0.15, 0.2) is 0 Å². The van der Waals surface area contributed by atoms with Crippen molar-refractivity contribution in [1.29, 1.82) is 0 Å². The third kappa shape index (κ3) is 1.98. The standard InChI is InChI=1S/C32H21N/c1-32(2)26-9-4-3-7-25(26)31-30(32)24(16-17-33-31)20-14-15-23-21-8-5-6-18-10-11-19-12-13-22(20)29(23)28(19)27(18)21/h3-17H,1-2H3. The number of nitrogens with zero attached hydrogens (tertiary/aromatic N) is 1. The van der Waals surface area contributed by atoms with E-state index in [0.717, 1.165) is 5.69 Å². The van der Waals surface area contributed by atoms with Crippen molar-refractivity contribution in [3.63, 3.8) is 0 Å². The van der Waals surface area contributed by atoms with E-state index in [1.54, 1.807) is 0 Å². The summed E-state index contributed by atoms with van der Waals surface area (Å²) in [6.07, 6.45) is 1.99. The quantitative estimate of drug-likeness (QED) is 0.243. The maximum Gasteiger partial charge on any atom is 0.0752 e. The van der Waals surface area contributed by atoms with Crippen LogP contribution >= 0.6 is 0 Å². The van der Waals surface area contributed by atoms with Crippen molar-refractivity contribution < 1.29 is 0 Å². The van der Waals surface area contributed by atoms with Crippen molar-refractivity contribution in [3.05, 3.63) is 102 Å². The van der Waals surface area contributed by atoms with Crippen LogP contribution in [0.4, 0.5) is 0 Å². The Labute approximate surface area is 192 Å². The van der Waals surface area contributed by atoms with Gasteiger partial charge in [-0.15, -0.1) is 0 Å². The summed E-state index contributed by atoms with van der Waals surface area (Å²) < 4.78 is 0. The highest BCUT2D eigenvalue weighted by Crippen LogP contribution is 2.54. The van der Waals surface area contributed by atoms with E-state index in [4.69, 9.17) is 4.98 Å². The van der Waals surface area contributed by atoms with Gasteiger partial charge in [0.1, 0.15) is 0 Å². The van der Waals surface area contributed by atoms with Gasteiger partial charge in [-0.05, 0) is 71.8 Å². The molecule has 0 bridgehead atoms. The highest BCUT2D eigenvalue weighted by molar-refractivity contribution is 6.34. The highest BCUT2D eigenvalue weighted by Gasteiger charge is 2.38. The monoisotopic (exact) mass is 419 g/mol. The minimum Gasteiger partial charge on any atom is -0.256 e. The topological polar surface area (TPSA) is 12.9 Å². The molecule has 0 radical (unpaired) electrons. The molecule has 0 amide bonds. The number of rotatable bonds is 1. The van der Waals surface area contributed by atoms with Gasteiger partial charge in [0.2, 0.25) is 0 Å². The normalized spacial score (nSPS) is 14.6. The molecule has 0 atom stereocenters. The molecule has 0 aliphatic heterocycles. The van der Waals surface area contributed by atoms with Crippen LogP contribution < -0.4 is 0 Å². The van der Waals surface area contributed by atoms with Gasteiger partial charge >= 0.3 is 0 Å². The van der Waals surface area contributed by atoms with Crippen LogP contribution in [-0.2, 0) is 5.41 Å². The van der Waals surface area contributed by atoms with Gasteiger partial charge in [-0.3, -0.25) is 4.98 Å². The molecule has 0 unspecified atom stereocenters. The van der Waals surface area contributed by atoms with E-state index in [1.807, 2.05) is 6.20 Å². The van der Waals surface area contributed by atoms with Gasteiger partial charge in [0.25, 0.3) is 0 Å². The molecule has 0 fully saturated rings. The fourth-order valence-corrected chi connectivity index (χ4v) is 6.61. The van der Waals surface area contributed by atoms with Crippen molar-refractivity contribution in [1.82, 2.24) is 4.98 Å². The van der Waals surface area contributed by atoms with Gasteiger partial charge in [-0.25, -0.2) is 0 Å². The highest BCUT2D eigenvalue weighted by atomic mass is 14.7. The van der Waals surface area contributed by atoms with Crippen LogP contribution in [0.1, 0.15) is 25.0 Å². The minimum absolute atomic E-state index is 0.0895. The van der Waals surface area contributed by atoms with E-state index >= 15 is 0 Å². The van der Waals surface area contributed by atoms with Crippen molar-refractivity contribution in [3.8, 4) is 33.5 Å². The molecule has 2 aliphatic rings. The molecular weight excluding hydrogens is 398 g/mol. The van der Waals surface area contributed by atoms with E-state index in [0.29, 0.717) is 0 Å². The summed E-state index contributed by atoms with van der Waals surface area (Å²) in [5.41, 5.74) is 10.3. The molecule has 8 rings (SSSR count). The largest absolute Gasteiger partial charge is 0.256 e. The maximum absolute atomic E-state index is 4.87.